The van der Waals surface area contributed by atoms with Gasteiger partial charge in [0.2, 0.25) is 0 Å². The van der Waals surface area contributed by atoms with Crippen LogP contribution in [0.3, 0.4) is 0 Å². The van der Waals surface area contributed by atoms with Gasteiger partial charge in [-0.05, 0) is 58.4 Å². The Morgan fingerprint density at radius 2 is 1.80 bits per heavy atom. The quantitative estimate of drug-likeness (QED) is 0.810. The molecule has 0 aromatic heterocycles. The lowest BCUT2D eigenvalue weighted by atomic mass is 9.94. The molecule has 1 aromatic carbocycles. The number of hydrogen-bond donors (Lipinski definition) is 1. The molecule has 1 saturated heterocycles. The molecule has 1 aliphatic heterocycles. The van der Waals surface area contributed by atoms with Gasteiger partial charge in [-0.25, -0.2) is 0 Å². The Hall–Kier alpha value is -0.810. The number of halogens is 2. The minimum absolute atomic E-state index is 0.146. The second-order valence-electron chi connectivity index (χ2n) is 6.27. The molecule has 0 bridgehead atoms. The molecule has 1 unspecified atom stereocenters. The molecule has 1 heterocycles. The van der Waals surface area contributed by atoms with Crippen molar-refractivity contribution in [3.63, 3.8) is 0 Å². The number of benzene rings is 1. The fourth-order valence-corrected chi connectivity index (χ4v) is 3.22. The normalized spacial score (nSPS) is 24.1. The third kappa shape index (κ3) is 3.85. The van der Waals surface area contributed by atoms with Crippen molar-refractivity contribution in [3.05, 3.63) is 24.3 Å². The molecule has 112 valence electrons. The van der Waals surface area contributed by atoms with E-state index >= 15 is 0 Å². The van der Waals surface area contributed by atoms with E-state index in [0.29, 0.717) is 16.7 Å². The molecule has 0 spiro atoms. The van der Waals surface area contributed by atoms with Crippen LogP contribution in [-0.4, -0.2) is 23.0 Å². The van der Waals surface area contributed by atoms with Crippen LogP contribution in [0.4, 0.5) is 14.5 Å². The van der Waals surface area contributed by atoms with Gasteiger partial charge in [-0.3, -0.25) is 0 Å². The molecular weight excluding hydrogens is 280 g/mol. The fourth-order valence-electron chi connectivity index (χ4n) is 2.72. The van der Waals surface area contributed by atoms with Crippen molar-refractivity contribution in [2.24, 2.45) is 0 Å². The summed E-state index contributed by atoms with van der Waals surface area (Å²) >= 11 is 0.564. The number of anilines is 1. The topological polar surface area (TPSA) is 21.3 Å². The maximum Gasteiger partial charge on any atom is 0.288 e. The van der Waals surface area contributed by atoms with E-state index in [1.165, 1.54) is 0 Å². The van der Waals surface area contributed by atoms with Crippen LogP contribution < -0.4 is 5.32 Å². The molecule has 2 nitrogen and oxygen atoms in total. The van der Waals surface area contributed by atoms with E-state index < -0.39 is 5.76 Å². The Bertz CT molecular complexity index is 459. The molecule has 1 N–H and O–H groups in total. The molecule has 1 atom stereocenters. The summed E-state index contributed by atoms with van der Waals surface area (Å²) in [4.78, 5) is 0.577. The van der Waals surface area contributed by atoms with Crippen molar-refractivity contribution < 1.29 is 13.5 Å². The Balaban J connectivity index is 2.03. The number of rotatable bonds is 4. The maximum absolute atomic E-state index is 12.3. The summed E-state index contributed by atoms with van der Waals surface area (Å²) in [5, 5.41) is 3.45. The lowest BCUT2D eigenvalue weighted by Crippen LogP contribution is -2.38. The van der Waals surface area contributed by atoms with Crippen LogP contribution in [0.1, 0.15) is 34.1 Å². The predicted molar refractivity (Wildman–Crippen MR) is 79.6 cm³/mol. The highest BCUT2D eigenvalue weighted by molar-refractivity contribution is 7.99. The molecule has 0 aliphatic carbocycles. The van der Waals surface area contributed by atoms with Crippen molar-refractivity contribution in [1.82, 2.24) is 0 Å². The summed E-state index contributed by atoms with van der Waals surface area (Å²) in [6, 6.07) is 7.31. The van der Waals surface area contributed by atoms with Crippen LogP contribution in [0.25, 0.3) is 0 Å². The van der Waals surface area contributed by atoms with Gasteiger partial charge in [0, 0.05) is 10.6 Å². The first-order chi connectivity index (χ1) is 9.18. The molecular formula is C15H21F2NOS. The van der Waals surface area contributed by atoms with Crippen LogP contribution in [0.2, 0.25) is 0 Å². The zero-order valence-electron chi connectivity index (χ0n) is 12.2. The summed E-state index contributed by atoms with van der Waals surface area (Å²) < 4.78 is 30.6. The van der Waals surface area contributed by atoms with Gasteiger partial charge in [0.1, 0.15) is 0 Å². The Kier molecular flexibility index (Phi) is 4.30. The van der Waals surface area contributed by atoms with Gasteiger partial charge in [-0.15, -0.1) is 0 Å². The number of hydrogen-bond acceptors (Lipinski definition) is 3. The van der Waals surface area contributed by atoms with Crippen LogP contribution in [-0.2, 0) is 4.74 Å². The monoisotopic (exact) mass is 301 g/mol. The van der Waals surface area contributed by atoms with E-state index in [2.05, 4.69) is 33.0 Å². The van der Waals surface area contributed by atoms with Crippen LogP contribution in [0, 0.1) is 0 Å². The molecule has 0 saturated carbocycles. The molecule has 20 heavy (non-hydrogen) atoms. The van der Waals surface area contributed by atoms with Gasteiger partial charge in [0.25, 0.3) is 5.76 Å². The molecule has 1 aliphatic rings. The largest absolute Gasteiger partial charge is 0.379 e. The number of ether oxygens (including phenoxy) is 1. The molecule has 5 heteroatoms. The molecule has 2 rings (SSSR count). The third-order valence-corrected chi connectivity index (χ3v) is 4.22. The highest BCUT2D eigenvalue weighted by Gasteiger charge is 2.45. The Labute approximate surface area is 123 Å². The zero-order chi connectivity index (χ0) is 15.0. The smallest absolute Gasteiger partial charge is 0.288 e. The minimum Gasteiger partial charge on any atom is -0.379 e. The molecule has 0 amide bonds. The number of thioether (sulfide) groups is 1. The Morgan fingerprint density at radius 1 is 1.20 bits per heavy atom. The second-order valence-corrected chi connectivity index (χ2v) is 7.33. The van der Waals surface area contributed by atoms with Crippen LogP contribution >= 0.6 is 11.8 Å². The van der Waals surface area contributed by atoms with Gasteiger partial charge in [-0.2, -0.15) is 8.78 Å². The maximum atomic E-state index is 12.3. The van der Waals surface area contributed by atoms with E-state index in [4.69, 9.17) is 4.74 Å². The summed E-state index contributed by atoms with van der Waals surface area (Å²) in [5.41, 5.74) is 0.537. The third-order valence-electron chi connectivity index (χ3n) is 3.49. The fraction of sp³-hybridized carbons (Fsp3) is 0.600. The molecule has 1 aromatic rings. The Morgan fingerprint density at radius 3 is 2.25 bits per heavy atom. The summed E-state index contributed by atoms with van der Waals surface area (Å²) in [5.74, 6) is -2.38. The van der Waals surface area contributed by atoms with Gasteiger partial charge in [0.15, 0.2) is 0 Å². The lowest BCUT2D eigenvalue weighted by molar-refractivity contribution is -0.0662. The van der Waals surface area contributed by atoms with E-state index in [0.717, 1.165) is 12.1 Å². The molecule has 0 radical (unpaired) electrons. The predicted octanol–water partition coefficient (Wildman–Crippen LogP) is 4.76. The summed E-state index contributed by atoms with van der Waals surface area (Å²) in [6.45, 7) is 8.30. The zero-order valence-corrected chi connectivity index (χ0v) is 13.1. The van der Waals surface area contributed by atoms with Crippen LogP contribution in [0.15, 0.2) is 29.2 Å². The molecule has 1 fully saturated rings. The van der Waals surface area contributed by atoms with Gasteiger partial charge in [0.05, 0.1) is 17.2 Å². The van der Waals surface area contributed by atoms with E-state index in [1.54, 1.807) is 12.1 Å². The van der Waals surface area contributed by atoms with Crippen molar-refractivity contribution in [2.45, 2.75) is 62.0 Å². The summed E-state index contributed by atoms with van der Waals surface area (Å²) in [6.07, 6.45) is 0.910. The SMILES string of the molecule is CC1(C)CC(Nc2ccc(SC(F)F)cc2)C(C)(C)O1. The summed E-state index contributed by atoms with van der Waals surface area (Å²) in [7, 11) is 0. The van der Waals surface area contributed by atoms with Crippen molar-refractivity contribution >= 4 is 17.4 Å². The van der Waals surface area contributed by atoms with Crippen LogP contribution in [0.5, 0.6) is 0 Å². The highest BCUT2D eigenvalue weighted by atomic mass is 32.2. The second kappa shape index (κ2) is 5.53. The van der Waals surface area contributed by atoms with Gasteiger partial charge >= 0.3 is 0 Å². The first-order valence-corrected chi connectivity index (χ1v) is 7.57. The van der Waals surface area contributed by atoms with Crippen molar-refractivity contribution in [3.8, 4) is 0 Å². The van der Waals surface area contributed by atoms with Gasteiger partial charge < -0.3 is 10.1 Å². The van der Waals surface area contributed by atoms with Gasteiger partial charge in [-0.1, -0.05) is 11.8 Å². The average molecular weight is 301 g/mol. The van der Waals surface area contributed by atoms with E-state index in [9.17, 15) is 8.78 Å². The van der Waals surface area contributed by atoms with Crippen molar-refractivity contribution in [1.29, 1.82) is 0 Å². The average Bonchev–Trinajstić information content (AvgIpc) is 2.48. The first-order valence-electron chi connectivity index (χ1n) is 6.70. The van der Waals surface area contributed by atoms with E-state index in [-0.39, 0.29) is 17.2 Å². The highest BCUT2D eigenvalue weighted by Crippen LogP contribution is 2.39. The number of nitrogens with one attached hydrogen (secondary N) is 1. The standard InChI is InChI=1S/C15H21F2NOS/c1-14(2)9-12(15(3,4)19-14)18-10-5-7-11(8-6-10)20-13(16)17/h5-8,12-13,18H,9H2,1-4H3. The first kappa shape index (κ1) is 15.6. The van der Waals surface area contributed by atoms with E-state index in [1.807, 2.05) is 12.1 Å². The number of alkyl halides is 2. The van der Waals surface area contributed by atoms with Crippen molar-refractivity contribution in [2.75, 3.05) is 5.32 Å². The minimum atomic E-state index is -2.38. The lowest BCUT2D eigenvalue weighted by Gasteiger charge is -2.28.